The summed E-state index contributed by atoms with van der Waals surface area (Å²) in [5.41, 5.74) is 2.46. The quantitative estimate of drug-likeness (QED) is 0.605. The molecule has 3 rings (SSSR count). The first-order valence-electron chi connectivity index (χ1n) is 9.39. The Kier molecular flexibility index (Phi) is 6.91. The number of nitrogens with zero attached hydrogens (tertiary/aromatic N) is 1. The summed E-state index contributed by atoms with van der Waals surface area (Å²) in [6.45, 7) is 2.14. The second kappa shape index (κ2) is 9.99. The zero-order chi connectivity index (χ0) is 21.3. The molecule has 0 fully saturated rings. The maximum Gasteiger partial charge on any atom is 0.258 e. The van der Waals surface area contributed by atoms with E-state index in [1.165, 1.54) is 7.11 Å². The van der Waals surface area contributed by atoms with Crippen LogP contribution >= 0.6 is 0 Å². The number of methoxy groups -OCH3 is 1. The number of hydrogen-bond donors (Lipinski definition) is 1. The second-order valence-electron chi connectivity index (χ2n) is 6.57. The van der Waals surface area contributed by atoms with Gasteiger partial charge in [-0.15, -0.1) is 0 Å². The van der Waals surface area contributed by atoms with Crippen LogP contribution in [0.15, 0.2) is 66.7 Å². The van der Waals surface area contributed by atoms with Crippen LogP contribution in [0.25, 0.3) is 0 Å². The molecule has 3 aromatic rings. The fourth-order valence-corrected chi connectivity index (χ4v) is 2.73. The zero-order valence-corrected chi connectivity index (χ0v) is 16.8. The summed E-state index contributed by atoms with van der Waals surface area (Å²) in [5, 5.41) is 11.8. The summed E-state index contributed by atoms with van der Waals surface area (Å²) in [6, 6.07) is 22.1. The number of rotatable bonds is 8. The van der Waals surface area contributed by atoms with Gasteiger partial charge in [0.2, 0.25) is 0 Å². The number of para-hydroxylation sites is 1. The molecular weight excluding hydrogens is 380 g/mol. The average Bonchev–Trinajstić information content (AvgIpc) is 2.78. The predicted molar refractivity (Wildman–Crippen MR) is 113 cm³/mol. The molecule has 0 heterocycles. The Morgan fingerprint density at radius 3 is 2.50 bits per heavy atom. The number of carbonyl (C=O) groups excluding carboxylic acids is 1. The van der Waals surface area contributed by atoms with Gasteiger partial charge in [-0.25, -0.2) is 0 Å². The molecule has 0 unspecified atom stereocenters. The maximum atomic E-state index is 12.2. The Morgan fingerprint density at radius 1 is 1.00 bits per heavy atom. The maximum absolute atomic E-state index is 12.2. The number of aryl methyl sites for hydroxylation is 1. The Morgan fingerprint density at radius 2 is 1.77 bits per heavy atom. The van der Waals surface area contributed by atoms with E-state index in [1.807, 2.05) is 61.5 Å². The van der Waals surface area contributed by atoms with Gasteiger partial charge < -0.3 is 19.5 Å². The third-order valence-corrected chi connectivity index (χ3v) is 4.35. The highest BCUT2D eigenvalue weighted by Gasteiger charge is 2.10. The fraction of sp³-hybridized carbons (Fsp3) is 0.167. The molecule has 1 N–H and O–H groups in total. The van der Waals surface area contributed by atoms with Crippen LogP contribution in [0.3, 0.4) is 0 Å². The van der Waals surface area contributed by atoms with Gasteiger partial charge in [0, 0.05) is 18.2 Å². The highest BCUT2D eigenvalue weighted by atomic mass is 16.5. The third kappa shape index (κ3) is 5.52. The van der Waals surface area contributed by atoms with Crippen LogP contribution < -0.4 is 19.5 Å². The van der Waals surface area contributed by atoms with Gasteiger partial charge in [0.05, 0.1) is 18.7 Å². The van der Waals surface area contributed by atoms with Crippen molar-refractivity contribution in [3.05, 3.63) is 83.4 Å². The molecule has 0 aromatic heterocycles. The minimum absolute atomic E-state index is 0.177. The van der Waals surface area contributed by atoms with Crippen LogP contribution in [-0.2, 0) is 11.3 Å². The molecule has 0 aliphatic heterocycles. The lowest BCUT2D eigenvalue weighted by molar-refractivity contribution is -0.123. The molecule has 30 heavy (non-hydrogen) atoms. The van der Waals surface area contributed by atoms with E-state index in [0.717, 1.165) is 16.9 Å². The zero-order valence-electron chi connectivity index (χ0n) is 16.8. The predicted octanol–water partition coefficient (Wildman–Crippen LogP) is 4.36. The first-order valence-corrected chi connectivity index (χ1v) is 9.39. The van der Waals surface area contributed by atoms with Crippen molar-refractivity contribution in [3.63, 3.8) is 0 Å². The van der Waals surface area contributed by atoms with E-state index < -0.39 is 0 Å². The van der Waals surface area contributed by atoms with E-state index in [9.17, 15) is 4.79 Å². The van der Waals surface area contributed by atoms with Crippen molar-refractivity contribution >= 4 is 5.91 Å². The molecule has 0 radical (unpaired) electrons. The first-order chi connectivity index (χ1) is 14.6. The number of ether oxygens (including phenoxy) is 3. The first kappa shape index (κ1) is 20.7. The van der Waals surface area contributed by atoms with Crippen molar-refractivity contribution in [2.75, 3.05) is 13.7 Å². The Labute approximate surface area is 175 Å². The summed E-state index contributed by atoms with van der Waals surface area (Å²) in [7, 11) is 1.48. The number of hydrogen-bond acceptors (Lipinski definition) is 5. The molecule has 6 heteroatoms. The molecule has 0 spiro atoms. The topological polar surface area (TPSA) is 80.6 Å². The number of nitrogens with one attached hydrogen (secondary N) is 1. The molecule has 0 saturated carbocycles. The fourth-order valence-electron chi connectivity index (χ4n) is 2.73. The molecule has 1 amide bonds. The number of benzene rings is 3. The van der Waals surface area contributed by atoms with Crippen molar-refractivity contribution in [1.82, 2.24) is 5.32 Å². The van der Waals surface area contributed by atoms with E-state index in [1.54, 1.807) is 18.2 Å². The molecule has 3 aromatic carbocycles. The summed E-state index contributed by atoms with van der Waals surface area (Å²) >= 11 is 0. The van der Waals surface area contributed by atoms with Crippen LogP contribution in [0.1, 0.15) is 16.7 Å². The van der Waals surface area contributed by atoms with Gasteiger partial charge >= 0.3 is 0 Å². The Bertz CT molecular complexity index is 1060. The van der Waals surface area contributed by atoms with Gasteiger partial charge in [0.15, 0.2) is 18.1 Å². The van der Waals surface area contributed by atoms with E-state index >= 15 is 0 Å². The van der Waals surface area contributed by atoms with Gasteiger partial charge in [-0.1, -0.05) is 35.9 Å². The third-order valence-electron chi connectivity index (χ3n) is 4.35. The molecule has 6 nitrogen and oxygen atoms in total. The average molecular weight is 402 g/mol. The van der Waals surface area contributed by atoms with Crippen molar-refractivity contribution < 1.29 is 19.0 Å². The molecule has 0 aliphatic rings. The number of carbonyl (C=O) groups is 1. The minimum atomic E-state index is -0.286. The van der Waals surface area contributed by atoms with E-state index in [4.69, 9.17) is 19.5 Å². The summed E-state index contributed by atoms with van der Waals surface area (Å²) < 4.78 is 16.7. The lowest BCUT2D eigenvalue weighted by atomic mass is 10.2. The lowest BCUT2D eigenvalue weighted by Gasteiger charge is -2.13. The van der Waals surface area contributed by atoms with Crippen LogP contribution in [0, 0.1) is 18.3 Å². The molecule has 0 aliphatic carbocycles. The van der Waals surface area contributed by atoms with Gasteiger partial charge in [0.25, 0.3) is 5.91 Å². The van der Waals surface area contributed by atoms with E-state index in [0.29, 0.717) is 29.4 Å². The van der Waals surface area contributed by atoms with Gasteiger partial charge in [-0.2, -0.15) is 5.26 Å². The molecule has 0 saturated heterocycles. The Hall–Kier alpha value is -3.98. The number of nitriles is 1. The van der Waals surface area contributed by atoms with Crippen molar-refractivity contribution in [1.29, 1.82) is 5.26 Å². The standard InChI is InChI=1S/C24H22N2O4/c1-17-7-10-20(11-8-17)30-21-6-4-3-5-19(21)15-26-24(27)16-29-22-12-9-18(14-25)13-23(22)28-2/h3-13H,15-16H2,1-2H3,(H,26,27). The van der Waals surface area contributed by atoms with E-state index in [-0.39, 0.29) is 12.5 Å². The number of amides is 1. The van der Waals surface area contributed by atoms with Crippen LogP contribution in [0.4, 0.5) is 0 Å². The largest absolute Gasteiger partial charge is 0.493 e. The molecule has 152 valence electrons. The summed E-state index contributed by atoms with van der Waals surface area (Å²) in [4.78, 5) is 12.2. The lowest BCUT2D eigenvalue weighted by Crippen LogP contribution is -2.28. The van der Waals surface area contributed by atoms with Gasteiger partial charge in [-0.3, -0.25) is 4.79 Å². The van der Waals surface area contributed by atoms with Gasteiger partial charge in [0.1, 0.15) is 11.5 Å². The van der Waals surface area contributed by atoms with Gasteiger partial charge in [-0.05, 0) is 37.3 Å². The second-order valence-corrected chi connectivity index (χ2v) is 6.57. The van der Waals surface area contributed by atoms with Crippen LogP contribution in [0.2, 0.25) is 0 Å². The van der Waals surface area contributed by atoms with Crippen molar-refractivity contribution in [2.24, 2.45) is 0 Å². The SMILES string of the molecule is COc1cc(C#N)ccc1OCC(=O)NCc1ccccc1Oc1ccc(C)cc1. The van der Waals surface area contributed by atoms with Crippen molar-refractivity contribution in [3.8, 4) is 29.1 Å². The highest BCUT2D eigenvalue weighted by molar-refractivity contribution is 5.77. The van der Waals surface area contributed by atoms with Crippen LogP contribution in [0.5, 0.6) is 23.0 Å². The minimum Gasteiger partial charge on any atom is -0.493 e. The van der Waals surface area contributed by atoms with Crippen molar-refractivity contribution in [2.45, 2.75) is 13.5 Å². The van der Waals surface area contributed by atoms with Crippen LogP contribution in [-0.4, -0.2) is 19.6 Å². The molecular formula is C24H22N2O4. The molecule has 0 bridgehead atoms. The highest BCUT2D eigenvalue weighted by Crippen LogP contribution is 2.28. The summed E-state index contributed by atoms with van der Waals surface area (Å²) in [6.07, 6.45) is 0. The normalized spacial score (nSPS) is 10.0. The summed E-state index contributed by atoms with van der Waals surface area (Å²) in [5.74, 6) is 1.92. The van der Waals surface area contributed by atoms with E-state index in [2.05, 4.69) is 5.32 Å². The smallest absolute Gasteiger partial charge is 0.258 e. The monoisotopic (exact) mass is 402 g/mol. The molecule has 0 atom stereocenters. The Balaban J connectivity index is 1.58.